The van der Waals surface area contributed by atoms with Gasteiger partial charge in [0.2, 0.25) is 0 Å². The van der Waals surface area contributed by atoms with Crippen molar-refractivity contribution in [2.24, 2.45) is 0 Å². The van der Waals surface area contributed by atoms with Crippen molar-refractivity contribution >= 4 is 12.0 Å². The number of rotatable bonds is 5. The summed E-state index contributed by atoms with van der Waals surface area (Å²) in [5.74, 6) is 0.316. The monoisotopic (exact) mass is 275 g/mol. The molecule has 0 aliphatic heterocycles. The number of nitro groups is 1. The van der Waals surface area contributed by atoms with Crippen LogP contribution in [0.1, 0.15) is 10.4 Å². The molecule has 8 heteroatoms. The van der Waals surface area contributed by atoms with Crippen molar-refractivity contribution in [1.29, 1.82) is 0 Å². The van der Waals surface area contributed by atoms with Gasteiger partial charge >= 0.3 is 11.7 Å². The molecular formula is C12H9N3O5. The molecule has 1 heterocycles. The molecule has 20 heavy (non-hydrogen) atoms. The maximum atomic E-state index is 10.9. The summed E-state index contributed by atoms with van der Waals surface area (Å²) in [6, 6.07) is 4.08. The lowest BCUT2D eigenvalue weighted by molar-refractivity contribution is -0.385. The van der Waals surface area contributed by atoms with Gasteiger partial charge in [0, 0.05) is 12.4 Å². The molecule has 0 unspecified atom stereocenters. The average molecular weight is 275 g/mol. The van der Waals surface area contributed by atoms with Crippen LogP contribution in [-0.2, 0) is 0 Å². The summed E-state index contributed by atoms with van der Waals surface area (Å²) < 4.78 is 10.1. The van der Waals surface area contributed by atoms with Crippen LogP contribution in [0.4, 0.5) is 5.69 Å². The molecule has 0 saturated carbocycles. The predicted molar refractivity (Wildman–Crippen MR) is 67.1 cm³/mol. The van der Waals surface area contributed by atoms with Crippen molar-refractivity contribution < 1.29 is 19.2 Å². The van der Waals surface area contributed by atoms with Crippen molar-refractivity contribution in [2.45, 2.75) is 0 Å². The molecule has 0 spiro atoms. The van der Waals surface area contributed by atoms with Crippen LogP contribution >= 0.6 is 0 Å². The highest BCUT2D eigenvalue weighted by molar-refractivity contribution is 5.73. The van der Waals surface area contributed by atoms with E-state index in [2.05, 4.69) is 9.97 Å². The molecule has 2 rings (SSSR count). The highest BCUT2D eigenvalue weighted by Gasteiger charge is 2.16. The Bertz CT molecular complexity index is 642. The van der Waals surface area contributed by atoms with Crippen molar-refractivity contribution in [3.8, 4) is 17.5 Å². The van der Waals surface area contributed by atoms with Gasteiger partial charge in [-0.2, -0.15) is 0 Å². The van der Waals surface area contributed by atoms with E-state index in [4.69, 9.17) is 9.47 Å². The summed E-state index contributed by atoms with van der Waals surface area (Å²) in [6.07, 6.45) is 3.17. The number of hydrogen-bond donors (Lipinski definition) is 0. The molecule has 0 aliphatic carbocycles. The standard InChI is InChI=1S/C12H9N3O5/c1-19-11-3-2-9(4-10(11)15(17)18)20-12-13-5-8(7-16)6-14-12/h2-7H,1H3. The number of nitro benzene ring substituents is 1. The fourth-order valence-electron chi connectivity index (χ4n) is 1.42. The van der Waals surface area contributed by atoms with Crippen LogP contribution in [0.25, 0.3) is 0 Å². The van der Waals surface area contributed by atoms with Gasteiger partial charge in [-0.25, -0.2) is 9.97 Å². The van der Waals surface area contributed by atoms with Gasteiger partial charge in [-0.05, 0) is 12.1 Å². The van der Waals surface area contributed by atoms with E-state index in [1.54, 1.807) is 0 Å². The Labute approximate surface area is 113 Å². The van der Waals surface area contributed by atoms with Crippen LogP contribution in [0, 0.1) is 10.1 Å². The van der Waals surface area contributed by atoms with E-state index in [-0.39, 0.29) is 23.2 Å². The SMILES string of the molecule is COc1ccc(Oc2ncc(C=O)cn2)cc1[N+](=O)[O-]. The topological polar surface area (TPSA) is 104 Å². The molecule has 0 N–H and O–H groups in total. The maximum Gasteiger partial charge on any atom is 0.321 e. The van der Waals surface area contributed by atoms with Crippen molar-refractivity contribution in [1.82, 2.24) is 9.97 Å². The number of aromatic nitrogens is 2. The number of hydrogen-bond acceptors (Lipinski definition) is 7. The third-order valence-electron chi connectivity index (χ3n) is 2.34. The van der Waals surface area contributed by atoms with Gasteiger partial charge < -0.3 is 9.47 Å². The van der Waals surface area contributed by atoms with E-state index in [1.807, 2.05) is 0 Å². The molecule has 0 saturated heterocycles. The molecule has 0 fully saturated rings. The lowest BCUT2D eigenvalue weighted by Crippen LogP contribution is -1.96. The number of ether oxygens (including phenoxy) is 2. The Morgan fingerprint density at radius 3 is 2.55 bits per heavy atom. The van der Waals surface area contributed by atoms with Gasteiger partial charge in [0.25, 0.3) is 0 Å². The first-order chi connectivity index (χ1) is 9.63. The Kier molecular flexibility index (Phi) is 3.85. The Morgan fingerprint density at radius 2 is 2.00 bits per heavy atom. The zero-order valence-electron chi connectivity index (χ0n) is 10.3. The number of carbonyl (C=O) groups is 1. The molecule has 0 atom stereocenters. The fourth-order valence-corrected chi connectivity index (χ4v) is 1.42. The maximum absolute atomic E-state index is 10.9. The van der Waals surface area contributed by atoms with Gasteiger partial charge in [-0.3, -0.25) is 14.9 Å². The van der Waals surface area contributed by atoms with Crippen LogP contribution in [0.15, 0.2) is 30.6 Å². The number of nitrogens with zero attached hydrogens (tertiary/aromatic N) is 3. The number of benzene rings is 1. The Hall–Kier alpha value is -3.03. The molecule has 1 aromatic carbocycles. The summed E-state index contributed by atoms with van der Waals surface area (Å²) in [6.45, 7) is 0. The van der Waals surface area contributed by atoms with E-state index >= 15 is 0 Å². The number of carbonyl (C=O) groups excluding carboxylic acids is 1. The minimum absolute atomic E-state index is 0.0185. The third-order valence-corrected chi connectivity index (χ3v) is 2.34. The van der Waals surface area contributed by atoms with E-state index in [9.17, 15) is 14.9 Å². The summed E-state index contributed by atoms with van der Waals surface area (Å²) >= 11 is 0. The van der Waals surface area contributed by atoms with E-state index in [0.29, 0.717) is 11.8 Å². The van der Waals surface area contributed by atoms with Crippen LogP contribution in [0.5, 0.6) is 17.5 Å². The smallest absolute Gasteiger partial charge is 0.321 e. The largest absolute Gasteiger partial charge is 0.490 e. The normalized spacial score (nSPS) is 9.85. The highest BCUT2D eigenvalue weighted by atomic mass is 16.6. The zero-order chi connectivity index (χ0) is 14.5. The van der Waals surface area contributed by atoms with Gasteiger partial charge in [-0.15, -0.1) is 0 Å². The van der Waals surface area contributed by atoms with Gasteiger partial charge in [0.1, 0.15) is 5.75 Å². The van der Waals surface area contributed by atoms with E-state index < -0.39 is 4.92 Å². The minimum Gasteiger partial charge on any atom is -0.490 e. The quantitative estimate of drug-likeness (QED) is 0.466. The van der Waals surface area contributed by atoms with Gasteiger partial charge in [0.05, 0.1) is 23.7 Å². The molecule has 8 nitrogen and oxygen atoms in total. The molecule has 0 radical (unpaired) electrons. The van der Waals surface area contributed by atoms with Crippen molar-refractivity contribution in [3.05, 3.63) is 46.3 Å². The second-order valence-corrected chi connectivity index (χ2v) is 3.61. The molecule has 102 valence electrons. The summed E-state index contributed by atoms with van der Waals surface area (Å²) in [5, 5.41) is 10.9. The Balaban J connectivity index is 2.26. The molecular weight excluding hydrogens is 266 g/mol. The second kappa shape index (κ2) is 5.74. The highest BCUT2D eigenvalue weighted by Crippen LogP contribution is 2.32. The minimum atomic E-state index is -0.581. The molecule has 0 bridgehead atoms. The first-order valence-electron chi connectivity index (χ1n) is 5.41. The first kappa shape index (κ1) is 13.4. The number of methoxy groups -OCH3 is 1. The number of aldehydes is 1. The molecule has 2 aromatic rings. The second-order valence-electron chi connectivity index (χ2n) is 3.61. The lowest BCUT2D eigenvalue weighted by atomic mass is 10.3. The Morgan fingerprint density at radius 1 is 1.30 bits per heavy atom. The predicted octanol–water partition coefficient (Wildman–Crippen LogP) is 2.00. The van der Waals surface area contributed by atoms with Crippen LogP contribution in [0.3, 0.4) is 0 Å². The van der Waals surface area contributed by atoms with Gasteiger partial charge in [0.15, 0.2) is 12.0 Å². The summed E-state index contributed by atoms with van der Waals surface area (Å²) in [7, 11) is 1.34. The van der Waals surface area contributed by atoms with Crippen LogP contribution < -0.4 is 9.47 Å². The third kappa shape index (κ3) is 2.86. The molecule has 0 amide bonds. The zero-order valence-corrected chi connectivity index (χ0v) is 10.3. The first-order valence-corrected chi connectivity index (χ1v) is 5.41. The molecule has 1 aromatic heterocycles. The van der Waals surface area contributed by atoms with E-state index in [1.165, 1.54) is 37.7 Å². The van der Waals surface area contributed by atoms with Crippen molar-refractivity contribution in [2.75, 3.05) is 7.11 Å². The lowest BCUT2D eigenvalue weighted by Gasteiger charge is -2.05. The van der Waals surface area contributed by atoms with Crippen LogP contribution in [0.2, 0.25) is 0 Å². The average Bonchev–Trinajstić information content (AvgIpc) is 2.48. The summed E-state index contributed by atoms with van der Waals surface area (Å²) in [5.41, 5.74) is 0.0765. The van der Waals surface area contributed by atoms with Crippen molar-refractivity contribution in [3.63, 3.8) is 0 Å². The van der Waals surface area contributed by atoms with E-state index in [0.717, 1.165) is 0 Å². The fraction of sp³-hybridized carbons (Fsp3) is 0.0833. The molecule has 0 aliphatic rings. The summed E-state index contributed by atoms with van der Waals surface area (Å²) in [4.78, 5) is 28.3. The van der Waals surface area contributed by atoms with Crippen LogP contribution in [-0.4, -0.2) is 28.3 Å². The van der Waals surface area contributed by atoms with Gasteiger partial charge in [-0.1, -0.05) is 0 Å².